The maximum Gasteiger partial charge on any atom is 0.165 e. The summed E-state index contributed by atoms with van der Waals surface area (Å²) in [4.78, 5) is 10.2. The molecule has 3 heterocycles. The Morgan fingerprint density at radius 2 is 0.930 bits per heavy atom. The number of hydrogen-bond acceptors (Lipinski definition) is 2. The van der Waals surface area contributed by atoms with Crippen LogP contribution in [0.5, 0.6) is 0 Å². The van der Waals surface area contributed by atoms with E-state index in [2.05, 4.69) is 132 Å². The van der Waals surface area contributed by atoms with Crippen molar-refractivity contribution < 1.29 is 0 Å². The van der Waals surface area contributed by atoms with Gasteiger partial charge in [-0.3, -0.25) is 4.40 Å². The summed E-state index contributed by atoms with van der Waals surface area (Å²) >= 11 is 0. The number of imidazole rings is 1. The van der Waals surface area contributed by atoms with Crippen molar-refractivity contribution in [3.05, 3.63) is 152 Å². The normalized spacial score (nSPS) is 11.7. The van der Waals surface area contributed by atoms with E-state index < -0.39 is 0 Å². The zero-order chi connectivity index (χ0) is 28.3. The largest absolute Gasteiger partial charge is 0.284 e. The second-order valence-electron chi connectivity index (χ2n) is 11.0. The number of benzene rings is 6. The fourth-order valence-corrected chi connectivity index (χ4v) is 6.73. The summed E-state index contributed by atoms with van der Waals surface area (Å²) in [6.07, 6.45) is 2.04. The Labute approximate surface area is 248 Å². The summed E-state index contributed by atoms with van der Waals surface area (Å²) in [6, 6.07) is 51.8. The van der Waals surface area contributed by atoms with Gasteiger partial charge >= 0.3 is 0 Å². The molecule has 0 spiro atoms. The van der Waals surface area contributed by atoms with Gasteiger partial charge in [-0.15, -0.1) is 0 Å². The summed E-state index contributed by atoms with van der Waals surface area (Å²) < 4.78 is 2.08. The molecule has 0 saturated carbocycles. The molecule has 0 saturated heterocycles. The fourth-order valence-electron chi connectivity index (χ4n) is 6.73. The van der Waals surface area contributed by atoms with E-state index in [0.717, 1.165) is 38.8 Å². The van der Waals surface area contributed by atoms with E-state index in [-0.39, 0.29) is 0 Å². The third-order valence-corrected chi connectivity index (χ3v) is 8.58. The monoisotopic (exact) mass is 547 g/mol. The highest BCUT2D eigenvalue weighted by atomic mass is 15.1. The minimum atomic E-state index is 0.873. The zero-order valence-electron chi connectivity index (χ0n) is 23.3. The first-order chi connectivity index (χ1) is 21.3. The van der Waals surface area contributed by atoms with Crippen LogP contribution in [0.2, 0.25) is 0 Å². The molecule has 6 aromatic carbocycles. The van der Waals surface area contributed by atoms with Crippen molar-refractivity contribution in [1.82, 2.24) is 14.4 Å². The maximum absolute atomic E-state index is 5.28. The van der Waals surface area contributed by atoms with Crippen LogP contribution in [0.25, 0.3) is 82.6 Å². The molecule has 43 heavy (non-hydrogen) atoms. The SMILES string of the molecule is c1ccc(-c2c3ccccc3c(-c3cccc(-c4nc5c(nc6ccccn65)c5ccccc45)c3)c3ccccc23)cc1. The zero-order valence-corrected chi connectivity index (χ0v) is 23.3. The van der Waals surface area contributed by atoms with Crippen LogP contribution >= 0.6 is 0 Å². The van der Waals surface area contributed by atoms with E-state index in [1.165, 1.54) is 43.8 Å². The molecule has 0 atom stereocenters. The molecule has 200 valence electrons. The average Bonchev–Trinajstić information content (AvgIpc) is 3.46. The molecule has 3 nitrogen and oxygen atoms in total. The Bertz CT molecular complexity index is 2450. The quantitative estimate of drug-likeness (QED) is 0.206. The van der Waals surface area contributed by atoms with Crippen molar-refractivity contribution in [2.75, 3.05) is 0 Å². The highest BCUT2D eigenvalue weighted by Crippen LogP contribution is 2.44. The van der Waals surface area contributed by atoms with Crippen molar-refractivity contribution in [3.63, 3.8) is 0 Å². The Kier molecular flexibility index (Phi) is 5.20. The van der Waals surface area contributed by atoms with Gasteiger partial charge in [-0.2, -0.15) is 0 Å². The molecule has 9 aromatic rings. The molecule has 9 rings (SSSR count). The molecular weight excluding hydrogens is 522 g/mol. The highest BCUT2D eigenvalue weighted by Gasteiger charge is 2.18. The Morgan fingerprint density at radius 3 is 1.63 bits per heavy atom. The summed E-state index contributed by atoms with van der Waals surface area (Å²) in [7, 11) is 0. The van der Waals surface area contributed by atoms with Crippen LogP contribution in [0.1, 0.15) is 0 Å². The predicted molar refractivity (Wildman–Crippen MR) is 179 cm³/mol. The molecular formula is C40H25N3. The number of nitrogens with zero attached hydrogens (tertiary/aromatic N) is 3. The third-order valence-electron chi connectivity index (χ3n) is 8.58. The van der Waals surface area contributed by atoms with Crippen LogP contribution < -0.4 is 0 Å². The summed E-state index contributed by atoms with van der Waals surface area (Å²) in [6.45, 7) is 0. The van der Waals surface area contributed by atoms with Gasteiger partial charge in [0.05, 0.1) is 5.69 Å². The molecule has 0 aliphatic rings. The average molecular weight is 548 g/mol. The van der Waals surface area contributed by atoms with E-state index in [9.17, 15) is 0 Å². The first-order valence-electron chi connectivity index (χ1n) is 14.6. The summed E-state index contributed by atoms with van der Waals surface area (Å²) in [5.74, 6) is 0. The predicted octanol–water partition coefficient (Wildman–Crippen LogP) is 10.3. The van der Waals surface area contributed by atoms with Gasteiger partial charge in [0, 0.05) is 22.5 Å². The lowest BCUT2D eigenvalue weighted by atomic mass is 9.85. The Morgan fingerprint density at radius 1 is 0.395 bits per heavy atom. The van der Waals surface area contributed by atoms with E-state index in [1.54, 1.807) is 0 Å². The minimum absolute atomic E-state index is 0.873. The summed E-state index contributed by atoms with van der Waals surface area (Å²) in [5.41, 5.74) is 9.67. The van der Waals surface area contributed by atoms with Crippen LogP contribution in [-0.4, -0.2) is 14.4 Å². The van der Waals surface area contributed by atoms with Crippen molar-refractivity contribution in [2.45, 2.75) is 0 Å². The van der Waals surface area contributed by atoms with Crippen molar-refractivity contribution in [3.8, 4) is 33.5 Å². The topological polar surface area (TPSA) is 30.2 Å². The third kappa shape index (κ3) is 3.62. The lowest BCUT2D eigenvalue weighted by molar-refractivity contribution is 1.19. The number of fused-ring (bicyclic) bond motifs is 7. The molecule has 0 N–H and O–H groups in total. The highest BCUT2D eigenvalue weighted by molar-refractivity contribution is 6.21. The Hall–Kier alpha value is -5.80. The molecule has 0 aliphatic heterocycles. The molecule has 0 amide bonds. The second kappa shape index (κ2) is 9.37. The Balaban J connectivity index is 1.35. The van der Waals surface area contributed by atoms with E-state index in [4.69, 9.17) is 9.97 Å². The lowest BCUT2D eigenvalue weighted by Crippen LogP contribution is -1.93. The maximum atomic E-state index is 5.28. The van der Waals surface area contributed by atoms with Gasteiger partial charge in [0.15, 0.2) is 5.65 Å². The van der Waals surface area contributed by atoms with Crippen LogP contribution in [0.3, 0.4) is 0 Å². The minimum Gasteiger partial charge on any atom is -0.284 e. The van der Waals surface area contributed by atoms with Gasteiger partial charge in [0.1, 0.15) is 11.2 Å². The number of hydrogen-bond donors (Lipinski definition) is 0. The van der Waals surface area contributed by atoms with Crippen molar-refractivity contribution in [1.29, 1.82) is 0 Å². The summed E-state index contributed by atoms with van der Waals surface area (Å²) in [5, 5.41) is 7.20. The number of pyridine rings is 2. The molecule has 0 radical (unpaired) electrons. The first-order valence-corrected chi connectivity index (χ1v) is 14.6. The molecule has 0 unspecified atom stereocenters. The van der Waals surface area contributed by atoms with Crippen LogP contribution in [0, 0.1) is 0 Å². The van der Waals surface area contributed by atoms with Gasteiger partial charge in [0.25, 0.3) is 0 Å². The van der Waals surface area contributed by atoms with Crippen molar-refractivity contribution in [2.24, 2.45) is 0 Å². The molecule has 3 heteroatoms. The van der Waals surface area contributed by atoms with Crippen molar-refractivity contribution >= 4 is 49.1 Å². The van der Waals surface area contributed by atoms with Crippen LogP contribution in [-0.2, 0) is 0 Å². The smallest absolute Gasteiger partial charge is 0.165 e. The van der Waals surface area contributed by atoms with E-state index >= 15 is 0 Å². The first kappa shape index (κ1) is 23.9. The van der Waals surface area contributed by atoms with E-state index in [1.807, 2.05) is 24.4 Å². The molecule has 0 fully saturated rings. The van der Waals surface area contributed by atoms with Gasteiger partial charge < -0.3 is 0 Å². The lowest BCUT2D eigenvalue weighted by Gasteiger charge is -2.18. The van der Waals surface area contributed by atoms with Gasteiger partial charge in [0.2, 0.25) is 0 Å². The number of rotatable bonds is 3. The standard InChI is InChI=1S/C40H25N3/c1-2-13-26(14-3-1)36-29-17-4-6-19-31(29)37(32-20-7-5-18-30(32)36)27-15-12-16-28(25-27)38-33-21-8-9-22-34(33)39-40(42-38)43-24-11-10-23-35(43)41-39/h1-25H. The van der Waals surface area contributed by atoms with Gasteiger partial charge in [-0.05, 0) is 62.0 Å². The van der Waals surface area contributed by atoms with Crippen LogP contribution in [0.15, 0.2) is 152 Å². The molecule has 3 aromatic heterocycles. The number of aromatic nitrogens is 3. The second-order valence-corrected chi connectivity index (χ2v) is 11.0. The van der Waals surface area contributed by atoms with Gasteiger partial charge in [-0.1, -0.05) is 127 Å². The molecule has 0 aliphatic carbocycles. The van der Waals surface area contributed by atoms with Crippen LogP contribution in [0.4, 0.5) is 0 Å². The fraction of sp³-hybridized carbons (Fsp3) is 0. The van der Waals surface area contributed by atoms with E-state index in [0.29, 0.717) is 0 Å². The van der Waals surface area contributed by atoms with Gasteiger partial charge in [-0.25, -0.2) is 9.97 Å². The molecule has 0 bridgehead atoms.